The molecule has 0 saturated heterocycles. The minimum Gasteiger partial charge on any atom is -0.423 e. The zero-order chi connectivity index (χ0) is 17.0. The zero-order valence-electron chi connectivity index (χ0n) is 13.8. The van der Waals surface area contributed by atoms with Gasteiger partial charge in [-0.3, -0.25) is 4.99 Å². The third kappa shape index (κ3) is 2.14. The number of rotatable bonds is 1. The highest BCUT2D eigenvalue weighted by Gasteiger charge is 2.22. The molecule has 0 bridgehead atoms. The lowest BCUT2D eigenvalue weighted by Crippen LogP contribution is -2.16. The van der Waals surface area contributed by atoms with Crippen LogP contribution in [0.3, 0.4) is 0 Å². The second-order valence-electron chi connectivity index (χ2n) is 6.48. The van der Waals surface area contributed by atoms with Gasteiger partial charge in [0.15, 0.2) is 0 Å². The monoisotopic (exact) mass is 328 g/mol. The van der Waals surface area contributed by atoms with E-state index in [1.54, 1.807) is 6.07 Å². The predicted molar refractivity (Wildman–Crippen MR) is 99.7 cm³/mol. The van der Waals surface area contributed by atoms with Crippen LogP contribution in [-0.4, -0.2) is 17.2 Å². The summed E-state index contributed by atoms with van der Waals surface area (Å²) in [7, 11) is 0. The normalized spacial score (nSPS) is 13.9. The Labute approximate surface area is 143 Å². The first-order valence-corrected chi connectivity index (χ1v) is 8.40. The van der Waals surface area contributed by atoms with E-state index in [1.807, 2.05) is 31.2 Å². The third-order valence-corrected chi connectivity index (χ3v) is 4.84. The van der Waals surface area contributed by atoms with Crippen molar-refractivity contribution >= 4 is 27.6 Å². The van der Waals surface area contributed by atoms with E-state index in [0.29, 0.717) is 5.58 Å². The van der Waals surface area contributed by atoms with Crippen LogP contribution in [0.4, 0.5) is 0 Å². The van der Waals surface area contributed by atoms with E-state index in [1.165, 1.54) is 10.9 Å². The van der Waals surface area contributed by atoms with Crippen molar-refractivity contribution in [3.05, 3.63) is 81.3 Å². The lowest BCUT2D eigenvalue weighted by atomic mass is 9.96. The maximum Gasteiger partial charge on any atom is 0.336 e. The van der Waals surface area contributed by atoms with Crippen LogP contribution in [0.5, 0.6) is 0 Å². The molecule has 0 fully saturated rings. The maximum absolute atomic E-state index is 12.1. The second-order valence-corrected chi connectivity index (χ2v) is 6.48. The zero-order valence-corrected chi connectivity index (χ0v) is 13.8. The van der Waals surface area contributed by atoms with E-state index in [4.69, 9.17) is 9.41 Å². The molecular weight excluding hydrogens is 312 g/mol. The van der Waals surface area contributed by atoms with Crippen LogP contribution in [0.1, 0.15) is 22.4 Å². The number of nitrogens with zero attached hydrogens (tertiary/aromatic N) is 1. The Morgan fingerprint density at radius 1 is 1.08 bits per heavy atom. The number of aromatic amines is 1. The Balaban J connectivity index is 1.83. The molecule has 4 nitrogen and oxygen atoms in total. The van der Waals surface area contributed by atoms with E-state index in [-0.39, 0.29) is 5.63 Å². The smallest absolute Gasteiger partial charge is 0.336 e. The lowest BCUT2D eigenvalue weighted by molar-refractivity contribution is 0.560. The van der Waals surface area contributed by atoms with Crippen LogP contribution in [0.25, 0.3) is 21.9 Å². The van der Waals surface area contributed by atoms with Crippen LogP contribution >= 0.6 is 0 Å². The first kappa shape index (κ1) is 14.2. The summed E-state index contributed by atoms with van der Waals surface area (Å²) in [4.78, 5) is 20.3. The molecule has 0 atom stereocenters. The van der Waals surface area contributed by atoms with Gasteiger partial charge in [0.1, 0.15) is 5.58 Å². The number of aromatic nitrogens is 1. The first-order valence-electron chi connectivity index (χ1n) is 8.40. The first-order chi connectivity index (χ1) is 12.2. The number of para-hydroxylation sites is 1. The van der Waals surface area contributed by atoms with Crippen molar-refractivity contribution in [1.82, 2.24) is 4.98 Å². The summed E-state index contributed by atoms with van der Waals surface area (Å²) in [5.41, 5.74) is 6.44. The number of hydrogen-bond acceptors (Lipinski definition) is 3. The third-order valence-electron chi connectivity index (χ3n) is 4.84. The molecular formula is C21H16N2O2. The summed E-state index contributed by atoms with van der Waals surface area (Å²) in [5.74, 6) is 0. The molecule has 4 heteroatoms. The summed E-state index contributed by atoms with van der Waals surface area (Å²) in [5, 5.41) is 2.15. The predicted octanol–water partition coefficient (Wildman–Crippen LogP) is 3.98. The molecule has 2 aromatic carbocycles. The molecule has 0 spiro atoms. The highest BCUT2D eigenvalue weighted by atomic mass is 16.4. The quantitative estimate of drug-likeness (QED) is 0.537. The molecule has 0 radical (unpaired) electrons. The molecule has 0 saturated carbocycles. The maximum atomic E-state index is 12.1. The summed E-state index contributed by atoms with van der Waals surface area (Å²) < 4.78 is 5.37. The number of benzene rings is 2. The second kappa shape index (κ2) is 5.18. The van der Waals surface area contributed by atoms with E-state index in [2.05, 4.69) is 23.2 Å². The average molecular weight is 328 g/mol. The molecule has 2 aromatic heterocycles. The largest absolute Gasteiger partial charge is 0.423 e. The minimum absolute atomic E-state index is 0.350. The van der Waals surface area contributed by atoms with Gasteiger partial charge >= 0.3 is 5.63 Å². The van der Waals surface area contributed by atoms with E-state index in [9.17, 15) is 4.79 Å². The molecule has 1 N–H and O–H groups in total. The fourth-order valence-electron chi connectivity index (χ4n) is 3.71. The van der Waals surface area contributed by atoms with Crippen LogP contribution < -0.4 is 5.63 Å². The Bertz CT molecular complexity index is 1230. The van der Waals surface area contributed by atoms with Gasteiger partial charge < -0.3 is 9.40 Å². The highest BCUT2D eigenvalue weighted by Crippen LogP contribution is 2.30. The van der Waals surface area contributed by atoms with Crippen LogP contribution in [0.2, 0.25) is 0 Å². The van der Waals surface area contributed by atoms with Gasteiger partial charge in [-0.1, -0.05) is 29.8 Å². The standard InChI is InChI=1S/C21H16N2O2/c1-12-6-7-18-15(10-12)16(11-19(24)25-18)20-21-14(8-9-22-20)13-4-2-3-5-17(13)23-21/h2-7,10-11,23H,8-9H2,1H3. The van der Waals surface area contributed by atoms with Crippen LogP contribution in [0.15, 0.2) is 62.7 Å². The van der Waals surface area contributed by atoms with Gasteiger partial charge in [-0.2, -0.15) is 0 Å². The molecule has 0 aliphatic carbocycles. The Morgan fingerprint density at radius 3 is 2.88 bits per heavy atom. The van der Waals surface area contributed by atoms with Crippen molar-refractivity contribution in [2.45, 2.75) is 13.3 Å². The van der Waals surface area contributed by atoms with Crippen LogP contribution in [0, 0.1) is 6.92 Å². The van der Waals surface area contributed by atoms with Crippen molar-refractivity contribution in [2.75, 3.05) is 6.54 Å². The number of fused-ring (bicyclic) bond motifs is 4. The molecule has 5 rings (SSSR count). The molecule has 0 amide bonds. The van der Waals surface area contributed by atoms with Gasteiger partial charge in [-0.05, 0) is 37.1 Å². The molecule has 25 heavy (non-hydrogen) atoms. The summed E-state index contributed by atoms with van der Waals surface area (Å²) in [6.45, 7) is 2.75. The Morgan fingerprint density at radius 2 is 1.96 bits per heavy atom. The van der Waals surface area contributed by atoms with Crippen molar-refractivity contribution in [3.8, 4) is 0 Å². The Hall–Kier alpha value is -3.14. The molecule has 4 aromatic rings. The van der Waals surface area contributed by atoms with Gasteiger partial charge in [0.25, 0.3) is 0 Å². The molecule has 122 valence electrons. The lowest BCUT2D eigenvalue weighted by Gasteiger charge is -2.15. The van der Waals surface area contributed by atoms with E-state index >= 15 is 0 Å². The summed E-state index contributed by atoms with van der Waals surface area (Å²) >= 11 is 0. The van der Waals surface area contributed by atoms with Crippen molar-refractivity contribution < 1.29 is 4.42 Å². The average Bonchev–Trinajstić information content (AvgIpc) is 3.00. The number of aliphatic imine (C=N–C) groups is 1. The van der Waals surface area contributed by atoms with Gasteiger partial charge in [0, 0.05) is 34.5 Å². The number of aryl methyl sites for hydroxylation is 1. The summed E-state index contributed by atoms with van der Waals surface area (Å²) in [6, 6.07) is 15.7. The molecule has 1 aliphatic rings. The number of nitrogens with one attached hydrogen (secondary N) is 1. The summed E-state index contributed by atoms with van der Waals surface area (Å²) in [6.07, 6.45) is 0.904. The molecule has 0 unspecified atom stereocenters. The van der Waals surface area contributed by atoms with Gasteiger partial charge in [0.2, 0.25) is 0 Å². The van der Waals surface area contributed by atoms with Gasteiger partial charge in [-0.15, -0.1) is 0 Å². The van der Waals surface area contributed by atoms with E-state index < -0.39 is 0 Å². The molecule has 1 aliphatic heterocycles. The van der Waals surface area contributed by atoms with Crippen LogP contribution in [-0.2, 0) is 6.42 Å². The van der Waals surface area contributed by atoms with Crippen molar-refractivity contribution in [1.29, 1.82) is 0 Å². The molecule has 3 heterocycles. The fourth-order valence-corrected chi connectivity index (χ4v) is 3.71. The number of H-pyrrole nitrogens is 1. The topological polar surface area (TPSA) is 58.4 Å². The van der Waals surface area contributed by atoms with Crippen molar-refractivity contribution in [3.63, 3.8) is 0 Å². The Kier molecular flexibility index (Phi) is 2.95. The van der Waals surface area contributed by atoms with Gasteiger partial charge in [-0.25, -0.2) is 4.79 Å². The highest BCUT2D eigenvalue weighted by molar-refractivity contribution is 6.20. The minimum atomic E-state index is -0.350. The SMILES string of the molecule is Cc1ccc2oc(=O)cc(C3=NCCc4c3[nH]c3ccccc43)c2c1. The van der Waals surface area contributed by atoms with Gasteiger partial charge in [0.05, 0.1) is 11.4 Å². The number of hydrogen-bond donors (Lipinski definition) is 1. The van der Waals surface area contributed by atoms with E-state index in [0.717, 1.165) is 46.4 Å². The van der Waals surface area contributed by atoms with Crippen molar-refractivity contribution in [2.24, 2.45) is 4.99 Å². The fraction of sp³-hybridized carbons (Fsp3) is 0.143.